The van der Waals surface area contributed by atoms with Gasteiger partial charge in [0.1, 0.15) is 11.6 Å². The quantitative estimate of drug-likeness (QED) is 0.328. The lowest BCUT2D eigenvalue weighted by Crippen LogP contribution is -2.42. The van der Waals surface area contributed by atoms with Gasteiger partial charge in [0.15, 0.2) is 10.1 Å². The Morgan fingerprint density at radius 3 is 2.67 bits per heavy atom. The van der Waals surface area contributed by atoms with Gasteiger partial charge in [-0.1, -0.05) is 85.5 Å². The second kappa shape index (κ2) is 12.4. The number of methoxy groups -OCH3 is 1. The standard InChI is InChI=1S/C31H32N6O3S2/c1-31(2)15-22-27(23(38)16-31)26(20-11-7-8-12-24(20)40-3)21(17-32)28(33)37(22)29-35-36-30(42-29)41-18-25(39)34-14-13-19-9-5-4-6-10-19/h4-12,26H,13-16,18,33H2,1-3H3,(H,34,39). The molecule has 1 aliphatic heterocycles. The van der Waals surface area contributed by atoms with Gasteiger partial charge in [-0.3, -0.25) is 14.5 Å². The molecule has 0 spiro atoms. The number of ketones is 1. The first-order chi connectivity index (χ1) is 20.2. The summed E-state index contributed by atoms with van der Waals surface area (Å²) in [6.07, 6.45) is 1.66. The third-order valence-corrected chi connectivity index (χ3v) is 9.37. The van der Waals surface area contributed by atoms with Crippen LogP contribution >= 0.6 is 23.1 Å². The summed E-state index contributed by atoms with van der Waals surface area (Å²) >= 11 is 2.56. The number of hydrogen-bond acceptors (Lipinski definition) is 10. The summed E-state index contributed by atoms with van der Waals surface area (Å²) in [5.74, 6) is 0.201. The SMILES string of the molecule is COc1ccccc1C1C(C#N)=C(N)N(c2nnc(SCC(=O)NCCc3ccccc3)s2)C2=C1C(=O)CC(C)(C)C2. The molecule has 0 saturated carbocycles. The molecular formula is C31H32N6O3S2. The van der Waals surface area contributed by atoms with Crippen molar-refractivity contribution in [3.63, 3.8) is 0 Å². The van der Waals surface area contributed by atoms with Crippen molar-refractivity contribution in [3.8, 4) is 11.8 Å². The number of ether oxygens (including phenoxy) is 1. The fourth-order valence-corrected chi connectivity index (χ4v) is 7.17. The highest BCUT2D eigenvalue weighted by molar-refractivity contribution is 8.01. The number of amides is 1. The average Bonchev–Trinajstić information content (AvgIpc) is 3.44. The number of nitriles is 1. The van der Waals surface area contributed by atoms with Crippen molar-refractivity contribution in [1.29, 1.82) is 5.26 Å². The van der Waals surface area contributed by atoms with Gasteiger partial charge in [0, 0.05) is 29.8 Å². The van der Waals surface area contributed by atoms with Gasteiger partial charge in [-0.05, 0) is 29.9 Å². The number of Topliss-reactive ketones (excluding diaryl/α,β-unsaturated/α-hetero) is 1. The Kier molecular flexibility index (Phi) is 8.66. The molecule has 1 aliphatic carbocycles. The minimum absolute atomic E-state index is 0.0336. The van der Waals surface area contributed by atoms with E-state index in [0.29, 0.717) is 45.7 Å². The van der Waals surface area contributed by atoms with Crippen molar-refractivity contribution in [2.75, 3.05) is 24.3 Å². The Morgan fingerprint density at radius 2 is 1.93 bits per heavy atom. The van der Waals surface area contributed by atoms with Crippen LogP contribution in [0.25, 0.3) is 0 Å². The van der Waals surface area contributed by atoms with Gasteiger partial charge in [0.2, 0.25) is 11.0 Å². The van der Waals surface area contributed by atoms with Crippen LogP contribution in [0.15, 0.2) is 81.6 Å². The zero-order chi connectivity index (χ0) is 29.9. The number of anilines is 1. The molecule has 9 nitrogen and oxygen atoms in total. The molecule has 11 heteroatoms. The van der Waals surface area contributed by atoms with Crippen LogP contribution in [0.3, 0.4) is 0 Å². The first kappa shape index (κ1) is 29.4. The number of allylic oxidation sites excluding steroid dienone is 3. The number of hydrogen-bond donors (Lipinski definition) is 2. The maximum Gasteiger partial charge on any atom is 0.230 e. The molecule has 3 aromatic rings. The van der Waals surface area contributed by atoms with Gasteiger partial charge >= 0.3 is 0 Å². The van der Waals surface area contributed by atoms with Gasteiger partial charge in [0.25, 0.3) is 0 Å². The second-order valence-corrected chi connectivity index (χ2v) is 13.1. The number of nitrogens with zero attached hydrogens (tertiary/aromatic N) is 4. The summed E-state index contributed by atoms with van der Waals surface area (Å²) in [6.45, 7) is 4.63. The first-order valence-corrected chi connectivity index (χ1v) is 15.4. The van der Waals surface area contributed by atoms with Crippen LogP contribution in [0.4, 0.5) is 5.13 Å². The Morgan fingerprint density at radius 1 is 1.19 bits per heavy atom. The highest BCUT2D eigenvalue weighted by atomic mass is 32.2. The molecule has 1 atom stereocenters. The second-order valence-electron chi connectivity index (χ2n) is 10.9. The van der Waals surface area contributed by atoms with Gasteiger partial charge in [-0.25, -0.2) is 0 Å². The number of carbonyl (C=O) groups is 2. The Hall–Kier alpha value is -4.14. The first-order valence-electron chi connectivity index (χ1n) is 13.6. The maximum atomic E-state index is 13.8. The third kappa shape index (κ3) is 6.05. The van der Waals surface area contributed by atoms with E-state index < -0.39 is 5.92 Å². The van der Waals surface area contributed by atoms with Crippen LogP contribution < -0.4 is 20.7 Å². The molecule has 216 valence electrons. The molecule has 1 amide bonds. The summed E-state index contributed by atoms with van der Waals surface area (Å²) in [4.78, 5) is 27.9. The molecule has 2 heterocycles. The van der Waals surface area contributed by atoms with E-state index in [1.54, 1.807) is 12.0 Å². The van der Waals surface area contributed by atoms with E-state index in [9.17, 15) is 14.9 Å². The fourth-order valence-electron chi connectivity index (χ4n) is 5.46. The third-order valence-electron chi connectivity index (χ3n) is 7.32. The van der Waals surface area contributed by atoms with Crippen molar-refractivity contribution in [1.82, 2.24) is 15.5 Å². The number of nitrogens with one attached hydrogen (secondary N) is 1. The summed E-state index contributed by atoms with van der Waals surface area (Å²) in [5.41, 5.74) is 9.79. The summed E-state index contributed by atoms with van der Waals surface area (Å²) < 4.78 is 6.20. The van der Waals surface area contributed by atoms with Gasteiger partial charge in [0.05, 0.1) is 30.4 Å². The van der Waals surface area contributed by atoms with Gasteiger partial charge < -0.3 is 15.8 Å². The van der Waals surface area contributed by atoms with Crippen molar-refractivity contribution in [2.24, 2.45) is 11.1 Å². The van der Waals surface area contributed by atoms with E-state index in [1.807, 2.05) is 68.4 Å². The van der Waals surface area contributed by atoms with E-state index in [0.717, 1.165) is 17.7 Å². The van der Waals surface area contributed by atoms with E-state index in [1.165, 1.54) is 23.1 Å². The van der Waals surface area contributed by atoms with E-state index in [-0.39, 0.29) is 34.3 Å². The number of aromatic nitrogens is 2. The molecular weight excluding hydrogens is 569 g/mol. The molecule has 1 unspecified atom stereocenters. The monoisotopic (exact) mass is 600 g/mol. The minimum atomic E-state index is -0.651. The average molecular weight is 601 g/mol. The van der Waals surface area contributed by atoms with Crippen LogP contribution in [-0.4, -0.2) is 41.3 Å². The smallest absolute Gasteiger partial charge is 0.230 e. The zero-order valence-corrected chi connectivity index (χ0v) is 25.3. The van der Waals surface area contributed by atoms with Crippen molar-refractivity contribution in [2.45, 2.75) is 43.4 Å². The molecule has 1 aromatic heterocycles. The van der Waals surface area contributed by atoms with E-state index >= 15 is 0 Å². The largest absolute Gasteiger partial charge is 0.496 e. The number of rotatable bonds is 9. The summed E-state index contributed by atoms with van der Waals surface area (Å²) in [5, 5.41) is 22.4. The number of carbonyl (C=O) groups excluding carboxylic acids is 2. The van der Waals surface area contributed by atoms with Crippen LogP contribution in [0, 0.1) is 16.7 Å². The number of para-hydroxylation sites is 1. The molecule has 0 saturated heterocycles. The fraction of sp³-hybridized carbons (Fsp3) is 0.323. The zero-order valence-electron chi connectivity index (χ0n) is 23.7. The molecule has 0 bridgehead atoms. The molecule has 2 aliphatic rings. The van der Waals surface area contributed by atoms with Crippen LogP contribution in [0.1, 0.15) is 43.7 Å². The molecule has 5 rings (SSSR count). The summed E-state index contributed by atoms with van der Waals surface area (Å²) in [6, 6.07) is 19.6. The topological polar surface area (TPSA) is 134 Å². The number of benzene rings is 2. The van der Waals surface area contributed by atoms with Gasteiger partial charge in [-0.2, -0.15) is 5.26 Å². The lowest BCUT2D eigenvalue weighted by Gasteiger charge is -2.42. The number of thioether (sulfide) groups is 1. The highest BCUT2D eigenvalue weighted by Gasteiger charge is 2.46. The van der Waals surface area contributed by atoms with Crippen molar-refractivity contribution in [3.05, 3.63) is 88.4 Å². The van der Waals surface area contributed by atoms with Crippen molar-refractivity contribution < 1.29 is 14.3 Å². The minimum Gasteiger partial charge on any atom is -0.496 e. The van der Waals surface area contributed by atoms with Crippen LogP contribution in [0.2, 0.25) is 0 Å². The van der Waals surface area contributed by atoms with E-state index in [4.69, 9.17) is 10.5 Å². The lowest BCUT2D eigenvalue weighted by molar-refractivity contribution is -0.119. The van der Waals surface area contributed by atoms with Crippen molar-refractivity contribution >= 4 is 39.9 Å². The Labute approximate surface area is 253 Å². The molecule has 2 aromatic carbocycles. The predicted octanol–water partition coefficient (Wildman–Crippen LogP) is 4.94. The Bertz CT molecular complexity index is 1610. The lowest BCUT2D eigenvalue weighted by atomic mass is 9.68. The molecule has 42 heavy (non-hydrogen) atoms. The van der Waals surface area contributed by atoms with Gasteiger partial charge in [-0.15, -0.1) is 10.2 Å². The summed E-state index contributed by atoms with van der Waals surface area (Å²) in [7, 11) is 1.57. The highest BCUT2D eigenvalue weighted by Crippen LogP contribution is 2.51. The van der Waals surface area contributed by atoms with Crippen LogP contribution in [-0.2, 0) is 16.0 Å². The Balaban J connectivity index is 1.41. The molecule has 0 fully saturated rings. The van der Waals surface area contributed by atoms with Crippen LogP contribution in [0.5, 0.6) is 5.75 Å². The molecule has 3 N–H and O–H groups in total. The van der Waals surface area contributed by atoms with E-state index in [2.05, 4.69) is 21.6 Å². The predicted molar refractivity (Wildman–Crippen MR) is 164 cm³/mol. The number of nitrogens with two attached hydrogens (primary N) is 1. The normalized spacial score (nSPS) is 18.0. The molecule has 0 radical (unpaired) electrons. The maximum absolute atomic E-state index is 13.8.